The maximum Gasteiger partial charge on any atom is 0.0292 e. The number of halogens is 1. The molecule has 1 aromatic rings. The third-order valence-electron chi connectivity index (χ3n) is 2.68. The summed E-state index contributed by atoms with van der Waals surface area (Å²) in [6, 6.07) is 6.63. The molecule has 0 aliphatic rings. The van der Waals surface area contributed by atoms with Crippen LogP contribution in [0.4, 0.5) is 0 Å². The van der Waals surface area contributed by atoms with Crippen LogP contribution in [0.2, 0.25) is 0 Å². The molecule has 1 rings (SSSR count). The first-order valence-electron chi connectivity index (χ1n) is 4.82. The van der Waals surface area contributed by atoms with Crippen molar-refractivity contribution in [1.82, 2.24) is 0 Å². The van der Waals surface area contributed by atoms with Gasteiger partial charge < -0.3 is 0 Å². The zero-order chi connectivity index (χ0) is 9.84. The first-order chi connectivity index (χ1) is 6.19. The maximum atomic E-state index is 5.89. The van der Waals surface area contributed by atoms with Crippen molar-refractivity contribution in [3.63, 3.8) is 0 Å². The molecule has 13 heavy (non-hydrogen) atoms. The molecule has 72 valence electrons. The SMILES string of the molecule is CCC(CCl)c1ccc(C)c(C)c1. The van der Waals surface area contributed by atoms with Crippen LogP contribution in [-0.4, -0.2) is 5.88 Å². The van der Waals surface area contributed by atoms with Gasteiger partial charge in [0.05, 0.1) is 0 Å². The minimum atomic E-state index is 0.515. The van der Waals surface area contributed by atoms with Crippen LogP contribution in [0.1, 0.15) is 36.0 Å². The van der Waals surface area contributed by atoms with E-state index in [1.54, 1.807) is 0 Å². The average molecular weight is 197 g/mol. The molecule has 0 aromatic heterocycles. The Morgan fingerprint density at radius 2 is 1.92 bits per heavy atom. The van der Waals surface area contributed by atoms with Crippen LogP contribution < -0.4 is 0 Å². The summed E-state index contributed by atoms with van der Waals surface area (Å²) in [5.74, 6) is 1.24. The predicted octanol–water partition coefficient (Wildman–Crippen LogP) is 4.04. The molecule has 0 aliphatic heterocycles. The zero-order valence-corrected chi connectivity index (χ0v) is 9.36. The van der Waals surface area contributed by atoms with Crippen molar-refractivity contribution in [3.8, 4) is 0 Å². The molecule has 1 heteroatoms. The lowest BCUT2D eigenvalue weighted by atomic mass is 9.95. The van der Waals surface area contributed by atoms with Gasteiger partial charge in [0.25, 0.3) is 0 Å². The van der Waals surface area contributed by atoms with Crippen molar-refractivity contribution < 1.29 is 0 Å². The Kier molecular flexibility index (Phi) is 3.80. The summed E-state index contributed by atoms with van der Waals surface area (Å²) in [7, 11) is 0. The standard InChI is InChI=1S/C12H17Cl/c1-4-11(8-13)12-6-5-9(2)10(3)7-12/h5-7,11H,4,8H2,1-3H3. The molecule has 0 amide bonds. The van der Waals surface area contributed by atoms with E-state index in [9.17, 15) is 0 Å². The Labute approximate surface area is 85.9 Å². The highest BCUT2D eigenvalue weighted by Crippen LogP contribution is 2.22. The summed E-state index contributed by atoms with van der Waals surface area (Å²) < 4.78 is 0. The van der Waals surface area contributed by atoms with Crippen LogP contribution in [0.25, 0.3) is 0 Å². The van der Waals surface area contributed by atoms with Crippen LogP contribution in [0, 0.1) is 13.8 Å². The maximum absolute atomic E-state index is 5.89. The van der Waals surface area contributed by atoms with E-state index in [1.807, 2.05) is 0 Å². The van der Waals surface area contributed by atoms with Crippen LogP contribution in [0.15, 0.2) is 18.2 Å². The number of hydrogen-bond donors (Lipinski definition) is 0. The molecule has 0 saturated carbocycles. The molecule has 1 atom stereocenters. The summed E-state index contributed by atoms with van der Waals surface area (Å²) in [6.07, 6.45) is 1.12. The summed E-state index contributed by atoms with van der Waals surface area (Å²) >= 11 is 5.89. The summed E-state index contributed by atoms with van der Waals surface area (Å²) in [5.41, 5.74) is 4.09. The Morgan fingerprint density at radius 1 is 1.23 bits per heavy atom. The van der Waals surface area contributed by atoms with Crippen molar-refractivity contribution in [2.45, 2.75) is 33.1 Å². The van der Waals surface area contributed by atoms with E-state index in [-0.39, 0.29) is 0 Å². The lowest BCUT2D eigenvalue weighted by molar-refractivity contribution is 0.739. The van der Waals surface area contributed by atoms with Gasteiger partial charge in [-0.1, -0.05) is 25.1 Å². The minimum Gasteiger partial charge on any atom is -0.126 e. The van der Waals surface area contributed by atoms with E-state index in [0.29, 0.717) is 5.92 Å². The zero-order valence-electron chi connectivity index (χ0n) is 8.60. The van der Waals surface area contributed by atoms with Gasteiger partial charge in [-0.2, -0.15) is 0 Å². The molecule has 1 unspecified atom stereocenters. The molecule has 0 radical (unpaired) electrons. The Morgan fingerprint density at radius 3 is 2.38 bits per heavy atom. The number of rotatable bonds is 3. The third kappa shape index (κ3) is 2.47. The van der Waals surface area contributed by atoms with Crippen molar-refractivity contribution in [3.05, 3.63) is 34.9 Å². The van der Waals surface area contributed by atoms with Gasteiger partial charge in [0.1, 0.15) is 0 Å². The minimum absolute atomic E-state index is 0.515. The molecule has 0 fully saturated rings. The average Bonchev–Trinajstić information content (AvgIpc) is 2.13. The summed E-state index contributed by atoms with van der Waals surface area (Å²) in [5, 5.41) is 0. The fourth-order valence-electron chi connectivity index (χ4n) is 1.45. The van der Waals surface area contributed by atoms with Crippen LogP contribution >= 0.6 is 11.6 Å². The molecule has 0 spiro atoms. The van der Waals surface area contributed by atoms with E-state index in [4.69, 9.17) is 11.6 Å². The van der Waals surface area contributed by atoms with Gasteiger partial charge in [0.15, 0.2) is 0 Å². The van der Waals surface area contributed by atoms with Crippen LogP contribution in [0.3, 0.4) is 0 Å². The largest absolute Gasteiger partial charge is 0.126 e. The second kappa shape index (κ2) is 4.66. The van der Waals surface area contributed by atoms with Gasteiger partial charge in [-0.25, -0.2) is 0 Å². The highest BCUT2D eigenvalue weighted by atomic mass is 35.5. The Balaban J connectivity index is 2.95. The molecule has 0 saturated heterocycles. The molecule has 0 heterocycles. The Bertz CT molecular complexity index is 274. The molecule has 0 nitrogen and oxygen atoms in total. The second-order valence-electron chi connectivity index (χ2n) is 3.60. The lowest BCUT2D eigenvalue weighted by Gasteiger charge is -2.13. The molecular weight excluding hydrogens is 180 g/mol. The first-order valence-corrected chi connectivity index (χ1v) is 5.35. The molecule has 1 aromatic carbocycles. The normalized spacial score (nSPS) is 12.9. The number of aryl methyl sites for hydroxylation is 2. The highest BCUT2D eigenvalue weighted by molar-refractivity contribution is 6.18. The first kappa shape index (κ1) is 10.6. The molecule has 0 aliphatic carbocycles. The molecule has 0 bridgehead atoms. The van der Waals surface area contributed by atoms with Crippen molar-refractivity contribution in [1.29, 1.82) is 0 Å². The van der Waals surface area contributed by atoms with Crippen LogP contribution in [-0.2, 0) is 0 Å². The smallest absolute Gasteiger partial charge is 0.0292 e. The van der Waals surface area contributed by atoms with E-state index in [0.717, 1.165) is 12.3 Å². The molecular formula is C12H17Cl. The number of benzene rings is 1. The summed E-state index contributed by atoms with van der Waals surface area (Å²) in [6.45, 7) is 6.47. The van der Waals surface area contributed by atoms with Gasteiger partial charge in [-0.15, -0.1) is 11.6 Å². The highest BCUT2D eigenvalue weighted by Gasteiger charge is 2.07. The quantitative estimate of drug-likeness (QED) is 0.641. The predicted molar refractivity (Wildman–Crippen MR) is 59.7 cm³/mol. The number of alkyl halides is 1. The van der Waals surface area contributed by atoms with E-state index in [1.165, 1.54) is 16.7 Å². The van der Waals surface area contributed by atoms with Gasteiger partial charge in [0, 0.05) is 5.88 Å². The van der Waals surface area contributed by atoms with Crippen molar-refractivity contribution >= 4 is 11.6 Å². The van der Waals surface area contributed by atoms with Gasteiger partial charge in [0.2, 0.25) is 0 Å². The number of hydrogen-bond acceptors (Lipinski definition) is 0. The third-order valence-corrected chi connectivity index (χ3v) is 3.05. The fourth-order valence-corrected chi connectivity index (χ4v) is 1.85. The van der Waals surface area contributed by atoms with E-state index in [2.05, 4.69) is 39.0 Å². The fraction of sp³-hybridized carbons (Fsp3) is 0.500. The Hall–Kier alpha value is -0.490. The molecule has 0 N–H and O–H groups in total. The van der Waals surface area contributed by atoms with Crippen molar-refractivity contribution in [2.75, 3.05) is 5.88 Å². The van der Waals surface area contributed by atoms with E-state index < -0.39 is 0 Å². The topological polar surface area (TPSA) is 0 Å². The monoisotopic (exact) mass is 196 g/mol. The van der Waals surface area contributed by atoms with Crippen LogP contribution in [0.5, 0.6) is 0 Å². The van der Waals surface area contributed by atoms with Gasteiger partial charge in [-0.05, 0) is 42.9 Å². The van der Waals surface area contributed by atoms with Gasteiger partial charge >= 0.3 is 0 Å². The van der Waals surface area contributed by atoms with Crippen molar-refractivity contribution in [2.24, 2.45) is 0 Å². The van der Waals surface area contributed by atoms with Gasteiger partial charge in [-0.3, -0.25) is 0 Å². The lowest BCUT2D eigenvalue weighted by Crippen LogP contribution is -1.99. The summed E-state index contributed by atoms with van der Waals surface area (Å²) in [4.78, 5) is 0. The van der Waals surface area contributed by atoms with E-state index >= 15 is 0 Å². The second-order valence-corrected chi connectivity index (χ2v) is 3.91.